The molecule has 0 heterocycles. The van der Waals surface area contributed by atoms with E-state index in [0.717, 1.165) is 0 Å². The number of hydrogen-bond acceptors (Lipinski definition) is 2. The molecule has 1 aromatic carbocycles. The van der Waals surface area contributed by atoms with E-state index < -0.39 is 17.1 Å². The molecule has 0 saturated carbocycles. The number of nitrogens with one attached hydrogen (secondary N) is 1. The van der Waals surface area contributed by atoms with Crippen molar-refractivity contribution < 1.29 is 13.2 Å². The average Bonchev–Trinajstić information content (AvgIpc) is 1.98. The van der Waals surface area contributed by atoms with Crippen molar-refractivity contribution in [3.8, 4) is 0 Å². The molecule has 0 radical (unpaired) electrons. The van der Waals surface area contributed by atoms with Crippen LogP contribution in [0.15, 0.2) is 22.7 Å². The van der Waals surface area contributed by atoms with Gasteiger partial charge in [0, 0.05) is 11.3 Å². The molecule has 1 aromatic rings. The molecule has 0 aromatic heterocycles. The van der Waals surface area contributed by atoms with Crippen LogP contribution in [-0.4, -0.2) is 8.76 Å². The maximum absolute atomic E-state index is 13.0. The molecule has 0 amide bonds. The Kier molecular flexibility index (Phi) is 3.19. The van der Waals surface area contributed by atoms with Gasteiger partial charge < -0.3 is 9.27 Å². The Bertz CT molecular complexity index is 320. The Morgan fingerprint density at radius 1 is 1.58 bits per heavy atom. The SMILES string of the molecule is O=S([O-])Nc1cccc(Br)c1F. The minimum absolute atomic E-state index is 0.0716. The summed E-state index contributed by atoms with van der Waals surface area (Å²) in [7, 11) is 0. The standard InChI is InChI=1S/C6H5BrFNO2S/c7-4-2-1-3-5(6(4)8)9-12(10)11/h1-3,9H,(H,10,11)/p-1. The zero-order chi connectivity index (χ0) is 9.14. The molecule has 1 rings (SSSR count). The largest absolute Gasteiger partial charge is 0.755 e. The van der Waals surface area contributed by atoms with Crippen LogP contribution >= 0.6 is 15.9 Å². The molecule has 0 spiro atoms. The minimum atomic E-state index is -2.50. The molecular weight excluding hydrogens is 249 g/mol. The van der Waals surface area contributed by atoms with Crippen molar-refractivity contribution in [3.05, 3.63) is 28.5 Å². The van der Waals surface area contributed by atoms with Gasteiger partial charge in [-0.05, 0) is 28.1 Å². The number of rotatable bonds is 2. The molecule has 0 saturated heterocycles. The fourth-order valence-corrected chi connectivity index (χ4v) is 1.38. The zero-order valence-corrected chi connectivity index (χ0v) is 8.12. The molecule has 6 heteroatoms. The van der Waals surface area contributed by atoms with Crippen LogP contribution < -0.4 is 4.72 Å². The molecule has 1 atom stereocenters. The van der Waals surface area contributed by atoms with E-state index in [2.05, 4.69) is 15.9 Å². The van der Waals surface area contributed by atoms with Crippen LogP contribution in [-0.2, 0) is 11.3 Å². The van der Waals surface area contributed by atoms with Crippen molar-refractivity contribution in [1.82, 2.24) is 0 Å². The van der Waals surface area contributed by atoms with Gasteiger partial charge in [0.1, 0.15) is 0 Å². The molecule has 0 fully saturated rings. The van der Waals surface area contributed by atoms with E-state index in [1.54, 1.807) is 0 Å². The first-order valence-corrected chi connectivity index (χ1v) is 4.78. The van der Waals surface area contributed by atoms with E-state index in [4.69, 9.17) is 0 Å². The summed E-state index contributed by atoms with van der Waals surface area (Å²) in [5, 5.41) is 0. The summed E-state index contributed by atoms with van der Waals surface area (Å²) in [4.78, 5) is 0. The van der Waals surface area contributed by atoms with Crippen LogP contribution in [0.2, 0.25) is 0 Å². The fraction of sp³-hybridized carbons (Fsp3) is 0. The molecule has 0 aliphatic carbocycles. The van der Waals surface area contributed by atoms with Crippen molar-refractivity contribution in [3.63, 3.8) is 0 Å². The van der Waals surface area contributed by atoms with Gasteiger partial charge in [-0.25, -0.2) is 4.39 Å². The highest BCUT2D eigenvalue weighted by molar-refractivity contribution is 9.10. The predicted octanol–water partition coefficient (Wildman–Crippen LogP) is 1.79. The van der Waals surface area contributed by atoms with Crippen molar-refractivity contribution in [2.45, 2.75) is 0 Å². The molecule has 1 N–H and O–H groups in total. The van der Waals surface area contributed by atoms with Gasteiger partial charge in [0.05, 0.1) is 10.2 Å². The summed E-state index contributed by atoms with van der Waals surface area (Å²) in [6.07, 6.45) is 0. The second-order valence-electron chi connectivity index (χ2n) is 1.94. The lowest BCUT2D eigenvalue weighted by molar-refractivity contribution is 0.541. The van der Waals surface area contributed by atoms with Crippen molar-refractivity contribution >= 4 is 32.9 Å². The van der Waals surface area contributed by atoms with Gasteiger partial charge in [-0.1, -0.05) is 6.07 Å². The second-order valence-corrected chi connectivity index (χ2v) is 3.47. The maximum atomic E-state index is 13.0. The Hall–Kier alpha value is -0.460. The summed E-state index contributed by atoms with van der Waals surface area (Å²) in [6.45, 7) is 0. The second kappa shape index (κ2) is 3.97. The lowest BCUT2D eigenvalue weighted by atomic mass is 10.3. The van der Waals surface area contributed by atoms with E-state index in [1.807, 2.05) is 4.72 Å². The van der Waals surface area contributed by atoms with Gasteiger partial charge in [0.15, 0.2) is 5.82 Å². The highest BCUT2D eigenvalue weighted by Gasteiger charge is 2.03. The van der Waals surface area contributed by atoms with Crippen LogP contribution in [0.5, 0.6) is 0 Å². The summed E-state index contributed by atoms with van der Waals surface area (Å²) >= 11 is 0.424. The first-order valence-electron chi connectivity index (χ1n) is 2.91. The first-order chi connectivity index (χ1) is 5.61. The molecule has 1 unspecified atom stereocenters. The molecule has 0 aliphatic rings. The summed E-state index contributed by atoms with van der Waals surface area (Å²) in [5.41, 5.74) is -0.0716. The third-order valence-corrected chi connectivity index (χ3v) is 2.14. The number of anilines is 1. The Morgan fingerprint density at radius 3 is 2.83 bits per heavy atom. The maximum Gasteiger partial charge on any atom is 0.161 e. The van der Waals surface area contributed by atoms with Gasteiger partial charge >= 0.3 is 0 Å². The van der Waals surface area contributed by atoms with Crippen molar-refractivity contribution in [1.29, 1.82) is 0 Å². The van der Waals surface area contributed by atoms with Crippen LogP contribution in [0.1, 0.15) is 0 Å². The van der Waals surface area contributed by atoms with E-state index in [9.17, 15) is 13.2 Å². The van der Waals surface area contributed by atoms with E-state index in [0.29, 0.717) is 0 Å². The van der Waals surface area contributed by atoms with Gasteiger partial charge in [-0.2, -0.15) is 0 Å². The van der Waals surface area contributed by atoms with Gasteiger partial charge in [0.25, 0.3) is 0 Å². The van der Waals surface area contributed by atoms with Crippen LogP contribution in [0, 0.1) is 5.82 Å². The predicted molar refractivity (Wildman–Crippen MR) is 46.6 cm³/mol. The summed E-state index contributed by atoms with van der Waals surface area (Å²) in [5.74, 6) is -0.623. The van der Waals surface area contributed by atoms with Crippen LogP contribution in [0.4, 0.5) is 10.1 Å². The lowest BCUT2D eigenvalue weighted by Crippen LogP contribution is -2.04. The molecular formula is C6H4BrFNO2S-. The fourth-order valence-electron chi connectivity index (χ4n) is 0.672. The Labute approximate surface area is 79.5 Å². The minimum Gasteiger partial charge on any atom is -0.755 e. The molecule has 12 heavy (non-hydrogen) atoms. The average molecular weight is 253 g/mol. The highest BCUT2D eigenvalue weighted by Crippen LogP contribution is 2.22. The van der Waals surface area contributed by atoms with E-state index >= 15 is 0 Å². The third-order valence-electron chi connectivity index (χ3n) is 1.14. The van der Waals surface area contributed by atoms with Gasteiger partial charge in [-0.3, -0.25) is 4.21 Å². The Balaban J connectivity index is 3.00. The third kappa shape index (κ3) is 2.26. The first kappa shape index (κ1) is 9.63. The molecule has 3 nitrogen and oxygen atoms in total. The van der Waals surface area contributed by atoms with Crippen LogP contribution in [0.3, 0.4) is 0 Å². The summed E-state index contributed by atoms with van der Waals surface area (Å²) in [6, 6.07) is 4.34. The molecule has 0 bridgehead atoms. The van der Waals surface area contributed by atoms with E-state index in [1.165, 1.54) is 18.2 Å². The van der Waals surface area contributed by atoms with Crippen molar-refractivity contribution in [2.75, 3.05) is 4.72 Å². The number of halogens is 2. The molecule has 66 valence electrons. The van der Waals surface area contributed by atoms with Gasteiger partial charge in [0.2, 0.25) is 0 Å². The lowest BCUT2D eigenvalue weighted by Gasteiger charge is -2.09. The topological polar surface area (TPSA) is 52.2 Å². The number of benzene rings is 1. The Morgan fingerprint density at radius 2 is 2.25 bits per heavy atom. The summed E-state index contributed by atoms with van der Waals surface area (Å²) < 4.78 is 35.4. The normalized spacial score (nSPS) is 12.6. The van der Waals surface area contributed by atoms with E-state index in [-0.39, 0.29) is 10.2 Å². The quantitative estimate of drug-likeness (QED) is 0.817. The highest BCUT2D eigenvalue weighted by atomic mass is 79.9. The number of hydrogen-bond donors (Lipinski definition) is 1. The van der Waals surface area contributed by atoms with Crippen LogP contribution in [0.25, 0.3) is 0 Å². The molecule has 0 aliphatic heterocycles. The zero-order valence-electron chi connectivity index (χ0n) is 5.71. The smallest absolute Gasteiger partial charge is 0.161 e. The van der Waals surface area contributed by atoms with Gasteiger partial charge in [-0.15, -0.1) is 0 Å². The monoisotopic (exact) mass is 252 g/mol. The van der Waals surface area contributed by atoms with Crippen molar-refractivity contribution in [2.24, 2.45) is 0 Å².